The second kappa shape index (κ2) is 4.26. The van der Waals surface area contributed by atoms with Crippen molar-refractivity contribution in [2.75, 3.05) is 5.73 Å². The van der Waals surface area contributed by atoms with Gasteiger partial charge in [-0.3, -0.25) is 4.79 Å². The molecule has 1 amide bonds. The Morgan fingerprint density at radius 1 is 1.32 bits per heavy atom. The average molecular weight is 271 g/mol. The Labute approximate surface area is 104 Å². The lowest BCUT2D eigenvalue weighted by Crippen LogP contribution is -2.14. The molecule has 0 atom stereocenters. The standard InChI is InChI=1S/C10H8F3N5O/c11-10(12,13)6-2-1-3-7(16-6)18-4-5(14)8(17-18)9(15)19/h1-4H,14H2,(H2,15,19). The van der Waals surface area contributed by atoms with Crippen molar-refractivity contribution in [1.29, 1.82) is 0 Å². The number of hydrogen-bond acceptors (Lipinski definition) is 4. The number of anilines is 1. The molecule has 0 spiro atoms. The van der Waals surface area contributed by atoms with Crippen LogP contribution in [0.15, 0.2) is 24.4 Å². The van der Waals surface area contributed by atoms with Crippen LogP contribution in [-0.4, -0.2) is 20.7 Å². The van der Waals surface area contributed by atoms with Crippen LogP contribution in [0.2, 0.25) is 0 Å². The van der Waals surface area contributed by atoms with Gasteiger partial charge in [0.1, 0.15) is 5.69 Å². The first kappa shape index (κ1) is 12.9. The normalized spacial score (nSPS) is 11.5. The van der Waals surface area contributed by atoms with Gasteiger partial charge in [-0.2, -0.15) is 18.3 Å². The SMILES string of the molecule is NC(=O)c1nn(-c2cccc(C(F)(F)F)n2)cc1N. The topological polar surface area (TPSA) is 99.8 Å². The third kappa shape index (κ3) is 2.49. The van der Waals surface area contributed by atoms with Gasteiger partial charge in [0.05, 0.1) is 11.9 Å². The summed E-state index contributed by atoms with van der Waals surface area (Å²) in [5.74, 6) is -0.989. The Balaban J connectivity index is 2.48. The van der Waals surface area contributed by atoms with Gasteiger partial charge in [-0.25, -0.2) is 9.67 Å². The van der Waals surface area contributed by atoms with Gasteiger partial charge in [0.15, 0.2) is 11.5 Å². The molecule has 2 aromatic heterocycles. The summed E-state index contributed by atoms with van der Waals surface area (Å²) in [6, 6.07) is 3.30. The zero-order chi connectivity index (χ0) is 14.2. The molecular formula is C10H8F3N5O. The number of hydrogen-bond donors (Lipinski definition) is 2. The molecule has 0 aliphatic carbocycles. The van der Waals surface area contributed by atoms with Crippen LogP contribution < -0.4 is 11.5 Å². The van der Waals surface area contributed by atoms with E-state index in [1.807, 2.05) is 0 Å². The Morgan fingerprint density at radius 2 is 2.00 bits per heavy atom. The van der Waals surface area contributed by atoms with Crippen molar-refractivity contribution in [1.82, 2.24) is 14.8 Å². The predicted octanol–water partition coefficient (Wildman–Crippen LogP) is 0.967. The average Bonchev–Trinajstić information content (AvgIpc) is 2.70. The molecule has 2 aromatic rings. The van der Waals surface area contributed by atoms with Gasteiger partial charge in [0, 0.05) is 0 Å². The van der Waals surface area contributed by atoms with E-state index in [4.69, 9.17) is 11.5 Å². The minimum atomic E-state index is -4.57. The van der Waals surface area contributed by atoms with E-state index < -0.39 is 17.8 Å². The van der Waals surface area contributed by atoms with Crippen molar-refractivity contribution in [2.45, 2.75) is 6.18 Å². The molecule has 9 heteroatoms. The molecule has 0 aliphatic heterocycles. The van der Waals surface area contributed by atoms with Crippen molar-refractivity contribution in [3.63, 3.8) is 0 Å². The summed E-state index contributed by atoms with van der Waals surface area (Å²) < 4.78 is 38.5. The van der Waals surface area contributed by atoms with Crippen molar-refractivity contribution in [3.8, 4) is 5.82 Å². The fourth-order valence-corrected chi connectivity index (χ4v) is 1.40. The number of carbonyl (C=O) groups is 1. The minimum Gasteiger partial charge on any atom is -0.396 e. The van der Waals surface area contributed by atoms with E-state index in [1.54, 1.807) is 0 Å². The lowest BCUT2D eigenvalue weighted by Gasteiger charge is -2.07. The number of aromatic nitrogens is 3. The third-order valence-electron chi connectivity index (χ3n) is 2.24. The number of rotatable bonds is 2. The lowest BCUT2D eigenvalue weighted by molar-refractivity contribution is -0.141. The summed E-state index contributed by atoms with van der Waals surface area (Å²) in [4.78, 5) is 14.4. The number of nitrogens with two attached hydrogens (primary N) is 2. The fourth-order valence-electron chi connectivity index (χ4n) is 1.40. The van der Waals surface area contributed by atoms with Crippen LogP contribution in [0.5, 0.6) is 0 Å². The van der Waals surface area contributed by atoms with Gasteiger partial charge in [-0.15, -0.1) is 0 Å². The number of nitrogens with zero attached hydrogens (tertiary/aromatic N) is 3. The highest BCUT2D eigenvalue weighted by Crippen LogP contribution is 2.28. The summed E-state index contributed by atoms with van der Waals surface area (Å²) >= 11 is 0. The molecule has 0 radical (unpaired) electrons. The van der Waals surface area contributed by atoms with Crippen molar-refractivity contribution < 1.29 is 18.0 Å². The smallest absolute Gasteiger partial charge is 0.396 e. The second-order valence-corrected chi connectivity index (χ2v) is 3.62. The van der Waals surface area contributed by atoms with Gasteiger partial charge < -0.3 is 11.5 Å². The summed E-state index contributed by atoms with van der Waals surface area (Å²) in [6.07, 6.45) is -3.40. The van der Waals surface area contributed by atoms with Crippen LogP contribution in [0, 0.1) is 0 Å². The number of pyridine rings is 1. The van der Waals surface area contributed by atoms with Crippen molar-refractivity contribution in [3.05, 3.63) is 35.8 Å². The first-order valence-corrected chi connectivity index (χ1v) is 4.98. The van der Waals surface area contributed by atoms with Crippen molar-refractivity contribution in [2.24, 2.45) is 5.73 Å². The zero-order valence-electron chi connectivity index (χ0n) is 9.35. The van der Waals surface area contributed by atoms with Crippen LogP contribution >= 0.6 is 0 Å². The van der Waals surface area contributed by atoms with Crippen LogP contribution in [-0.2, 0) is 6.18 Å². The molecule has 4 N–H and O–H groups in total. The van der Waals surface area contributed by atoms with Gasteiger partial charge in [-0.05, 0) is 12.1 Å². The summed E-state index contributed by atoms with van der Waals surface area (Å²) in [6.45, 7) is 0. The van der Waals surface area contributed by atoms with Gasteiger partial charge in [0.2, 0.25) is 0 Å². The quantitative estimate of drug-likeness (QED) is 0.849. The van der Waals surface area contributed by atoms with E-state index in [0.29, 0.717) is 0 Å². The van der Waals surface area contributed by atoms with Gasteiger partial charge >= 0.3 is 6.18 Å². The number of halogens is 3. The van der Waals surface area contributed by atoms with Crippen LogP contribution in [0.3, 0.4) is 0 Å². The highest BCUT2D eigenvalue weighted by Gasteiger charge is 2.32. The van der Waals surface area contributed by atoms with Crippen molar-refractivity contribution >= 4 is 11.6 Å². The summed E-state index contributed by atoms with van der Waals surface area (Å²) in [5, 5.41) is 3.69. The van der Waals surface area contributed by atoms with Crippen LogP contribution in [0.1, 0.15) is 16.2 Å². The third-order valence-corrected chi connectivity index (χ3v) is 2.24. The lowest BCUT2D eigenvalue weighted by atomic mass is 10.3. The fraction of sp³-hybridized carbons (Fsp3) is 0.100. The Bertz CT molecular complexity index is 634. The molecule has 2 heterocycles. The zero-order valence-corrected chi connectivity index (χ0v) is 9.35. The van der Waals surface area contributed by atoms with Crippen LogP contribution in [0.4, 0.5) is 18.9 Å². The van der Waals surface area contributed by atoms with E-state index in [9.17, 15) is 18.0 Å². The largest absolute Gasteiger partial charge is 0.433 e. The van der Waals surface area contributed by atoms with Crippen LogP contribution in [0.25, 0.3) is 5.82 Å². The number of amides is 1. The molecule has 19 heavy (non-hydrogen) atoms. The number of carbonyl (C=O) groups excluding carboxylic acids is 1. The maximum atomic E-state index is 12.5. The summed E-state index contributed by atoms with van der Waals surface area (Å²) in [7, 11) is 0. The molecule has 0 saturated carbocycles. The Kier molecular flexibility index (Phi) is 2.89. The number of nitrogen functional groups attached to an aromatic ring is 1. The molecule has 2 rings (SSSR count). The highest BCUT2D eigenvalue weighted by atomic mass is 19.4. The van der Waals surface area contributed by atoms with Gasteiger partial charge in [0.25, 0.3) is 5.91 Å². The molecule has 0 saturated heterocycles. The van der Waals surface area contributed by atoms with E-state index in [0.717, 1.165) is 10.7 Å². The number of primary amides is 1. The number of alkyl halides is 3. The van der Waals surface area contributed by atoms with E-state index in [2.05, 4.69) is 10.1 Å². The van der Waals surface area contributed by atoms with Gasteiger partial charge in [-0.1, -0.05) is 6.07 Å². The Hall–Kier alpha value is -2.58. The molecule has 100 valence electrons. The second-order valence-electron chi connectivity index (χ2n) is 3.62. The molecule has 0 unspecified atom stereocenters. The molecule has 0 fully saturated rings. The predicted molar refractivity (Wildman–Crippen MR) is 59.3 cm³/mol. The first-order chi connectivity index (χ1) is 8.79. The van der Waals surface area contributed by atoms with E-state index >= 15 is 0 Å². The molecule has 0 bridgehead atoms. The molecule has 0 aromatic carbocycles. The molecule has 0 aliphatic rings. The van der Waals surface area contributed by atoms with E-state index in [-0.39, 0.29) is 17.2 Å². The maximum absolute atomic E-state index is 12.5. The summed E-state index contributed by atoms with van der Waals surface area (Å²) in [5.41, 5.74) is 9.15. The Morgan fingerprint density at radius 3 is 2.53 bits per heavy atom. The molecular weight excluding hydrogens is 263 g/mol. The maximum Gasteiger partial charge on any atom is 0.433 e. The monoisotopic (exact) mass is 271 g/mol. The van der Waals surface area contributed by atoms with E-state index in [1.165, 1.54) is 18.3 Å². The first-order valence-electron chi connectivity index (χ1n) is 4.98. The molecule has 6 nitrogen and oxygen atoms in total. The minimum absolute atomic E-state index is 0.0355. The highest BCUT2D eigenvalue weighted by molar-refractivity contribution is 5.95.